The zero-order valence-corrected chi connectivity index (χ0v) is 7.95. The van der Waals surface area contributed by atoms with E-state index in [0.717, 1.165) is 25.7 Å². The van der Waals surface area contributed by atoms with Crippen LogP contribution in [0.15, 0.2) is 10.2 Å². The second-order valence-corrected chi connectivity index (χ2v) is 2.64. The molecule has 78 valence electrons. The van der Waals surface area contributed by atoms with Crippen molar-refractivity contribution in [2.24, 2.45) is 10.2 Å². The third kappa shape index (κ3) is 10.4. The molecule has 0 radical (unpaired) electrons. The topological polar surface area (TPSA) is 82.9 Å². The minimum Gasteiger partial charge on any atom is -0.299 e. The van der Waals surface area contributed by atoms with Gasteiger partial charge in [-0.25, -0.2) is 9.59 Å². The van der Waals surface area contributed by atoms with Crippen LogP contribution in [-0.2, 0) is 9.59 Å². The highest BCUT2D eigenvalue weighted by molar-refractivity contribution is 5.32. The van der Waals surface area contributed by atoms with Crippen LogP contribution in [0, 0.1) is 0 Å². The van der Waals surface area contributed by atoms with E-state index in [4.69, 9.17) is 0 Å². The molecule has 0 unspecified atom stereocenters. The van der Waals surface area contributed by atoms with Gasteiger partial charge in [-0.05, 0) is 12.8 Å². The van der Waals surface area contributed by atoms with E-state index in [1.54, 1.807) is 0 Å². The van der Waals surface area contributed by atoms with E-state index in [1.165, 1.54) is 12.2 Å². The summed E-state index contributed by atoms with van der Waals surface area (Å²) in [6, 6.07) is 0. The number of hydrazone groups is 2. The number of isocyanates is 2. The number of nitrogens with one attached hydrogen (secondary N) is 2. The van der Waals surface area contributed by atoms with Crippen LogP contribution >= 0.6 is 0 Å². The maximum absolute atomic E-state index is 9.64. The van der Waals surface area contributed by atoms with Gasteiger partial charge in [0.15, 0.2) is 0 Å². The highest BCUT2D eigenvalue weighted by atomic mass is 16.1. The van der Waals surface area contributed by atoms with E-state index in [-0.39, 0.29) is 0 Å². The molecular formula is C8H14N4O2. The van der Waals surface area contributed by atoms with E-state index < -0.39 is 0 Å². The van der Waals surface area contributed by atoms with Gasteiger partial charge in [-0.2, -0.15) is 0 Å². The van der Waals surface area contributed by atoms with Gasteiger partial charge < -0.3 is 0 Å². The van der Waals surface area contributed by atoms with Crippen LogP contribution in [0.25, 0.3) is 0 Å². The molecule has 2 N–H and O–H groups in total. The zero-order chi connectivity index (χ0) is 10.5. The number of nitrogens with zero attached hydrogens (tertiary/aromatic N) is 2. The van der Waals surface area contributed by atoms with Crippen molar-refractivity contribution < 1.29 is 9.59 Å². The lowest BCUT2D eigenvalue weighted by Crippen LogP contribution is -2.08. The molecule has 0 heterocycles. The standard InChI is InChI=1S/C8H14N4O2/c13-7-11-9-5-3-1-2-4-6-10-12-8-14/h9-10H,1-6H2. The summed E-state index contributed by atoms with van der Waals surface area (Å²) in [6.45, 7) is 1.38. The third-order valence-corrected chi connectivity index (χ3v) is 1.58. The molecule has 0 aromatic carbocycles. The Labute approximate surface area is 82.4 Å². The predicted octanol–water partition coefficient (Wildman–Crippen LogP) is 0.228. The van der Waals surface area contributed by atoms with Gasteiger partial charge in [-0.3, -0.25) is 10.9 Å². The van der Waals surface area contributed by atoms with E-state index in [0.29, 0.717) is 13.1 Å². The Morgan fingerprint density at radius 3 is 1.57 bits per heavy atom. The van der Waals surface area contributed by atoms with Crippen molar-refractivity contribution in [3.8, 4) is 0 Å². The Morgan fingerprint density at radius 1 is 0.786 bits per heavy atom. The molecule has 0 saturated carbocycles. The predicted molar refractivity (Wildman–Crippen MR) is 50.7 cm³/mol. The minimum atomic E-state index is 0.690. The summed E-state index contributed by atoms with van der Waals surface area (Å²) in [5, 5.41) is 6.41. The molecule has 0 rings (SSSR count). The largest absolute Gasteiger partial charge is 0.299 e. The Bertz CT molecular complexity index is 195. The first-order valence-electron chi connectivity index (χ1n) is 4.51. The third-order valence-electron chi connectivity index (χ3n) is 1.58. The molecular weight excluding hydrogens is 184 g/mol. The molecule has 0 amide bonds. The van der Waals surface area contributed by atoms with Gasteiger partial charge in [0.25, 0.3) is 12.2 Å². The van der Waals surface area contributed by atoms with Crippen molar-refractivity contribution in [2.45, 2.75) is 25.7 Å². The van der Waals surface area contributed by atoms with Gasteiger partial charge in [0.05, 0.1) is 0 Å². The average molecular weight is 198 g/mol. The number of carbonyl (C=O) groups excluding carboxylic acids is 2. The summed E-state index contributed by atoms with van der Waals surface area (Å²) in [5.74, 6) is 0. The summed E-state index contributed by atoms with van der Waals surface area (Å²) < 4.78 is 0. The highest BCUT2D eigenvalue weighted by Crippen LogP contribution is 1.97. The van der Waals surface area contributed by atoms with Crippen molar-refractivity contribution in [3.63, 3.8) is 0 Å². The van der Waals surface area contributed by atoms with Crippen LogP contribution in [-0.4, -0.2) is 25.2 Å². The second-order valence-electron chi connectivity index (χ2n) is 2.64. The average Bonchev–Trinajstić information content (AvgIpc) is 2.21. The van der Waals surface area contributed by atoms with Crippen LogP contribution in [0.5, 0.6) is 0 Å². The zero-order valence-electron chi connectivity index (χ0n) is 7.95. The van der Waals surface area contributed by atoms with Gasteiger partial charge in [-0.1, -0.05) is 23.0 Å². The molecule has 14 heavy (non-hydrogen) atoms. The lowest BCUT2D eigenvalue weighted by molar-refractivity contribution is 0.544. The quantitative estimate of drug-likeness (QED) is 0.240. The normalized spacial score (nSPS) is 8.29. The minimum absolute atomic E-state index is 0.690. The van der Waals surface area contributed by atoms with Crippen LogP contribution in [0.3, 0.4) is 0 Å². The van der Waals surface area contributed by atoms with E-state index >= 15 is 0 Å². The van der Waals surface area contributed by atoms with Gasteiger partial charge in [0.2, 0.25) is 0 Å². The van der Waals surface area contributed by atoms with Crippen LogP contribution < -0.4 is 10.9 Å². The lowest BCUT2D eigenvalue weighted by atomic mass is 10.2. The Morgan fingerprint density at radius 2 is 1.21 bits per heavy atom. The molecule has 0 aromatic rings. The molecule has 0 aliphatic heterocycles. The monoisotopic (exact) mass is 198 g/mol. The van der Waals surface area contributed by atoms with Gasteiger partial charge in [-0.15, -0.1) is 0 Å². The van der Waals surface area contributed by atoms with Gasteiger partial charge in [0, 0.05) is 13.1 Å². The van der Waals surface area contributed by atoms with Crippen LogP contribution in [0.2, 0.25) is 0 Å². The van der Waals surface area contributed by atoms with Crippen LogP contribution in [0.1, 0.15) is 25.7 Å². The van der Waals surface area contributed by atoms with Crippen molar-refractivity contribution in [3.05, 3.63) is 0 Å². The molecule has 0 bridgehead atoms. The number of hydrogen-bond acceptors (Lipinski definition) is 6. The molecule has 0 spiro atoms. The lowest BCUT2D eigenvalue weighted by Gasteiger charge is -1.99. The first-order chi connectivity index (χ1) is 6.91. The summed E-state index contributed by atoms with van der Waals surface area (Å²) in [7, 11) is 0. The molecule has 0 aliphatic carbocycles. The fourth-order valence-corrected chi connectivity index (χ4v) is 0.938. The highest BCUT2D eigenvalue weighted by Gasteiger charge is 1.88. The first kappa shape index (κ1) is 12.4. The fraction of sp³-hybridized carbons (Fsp3) is 0.750. The summed E-state index contributed by atoms with van der Waals surface area (Å²) >= 11 is 0. The van der Waals surface area contributed by atoms with Crippen molar-refractivity contribution in [1.82, 2.24) is 10.9 Å². The number of rotatable bonds is 9. The van der Waals surface area contributed by atoms with E-state index in [1.807, 2.05) is 0 Å². The molecule has 0 atom stereocenters. The summed E-state index contributed by atoms with van der Waals surface area (Å²) in [6.07, 6.45) is 6.82. The maximum Gasteiger partial charge on any atom is 0.258 e. The molecule has 0 saturated heterocycles. The molecule has 6 nitrogen and oxygen atoms in total. The summed E-state index contributed by atoms with van der Waals surface area (Å²) in [4.78, 5) is 19.3. The number of hydrogen-bond donors (Lipinski definition) is 2. The first-order valence-corrected chi connectivity index (χ1v) is 4.51. The van der Waals surface area contributed by atoms with Gasteiger partial charge >= 0.3 is 0 Å². The van der Waals surface area contributed by atoms with Gasteiger partial charge in [0.1, 0.15) is 0 Å². The van der Waals surface area contributed by atoms with Crippen molar-refractivity contribution in [2.75, 3.05) is 13.1 Å². The molecule has 0 aliphatic rings. The smallest absolute Gasteiger partial charge is 0.258 e. The second kappa shape index (κ2) is 11.4. The molecule has 6 heteroatoms. The van der Waals surface area contributed by atoms with Crippen molar-refractivity contribution in [1.29, 1.82) is 0 Å². The van der Waals surface area contributed by atoms with Crippen molar-refractivity contribution >= 4 is 12.2 Å². The fourth-order valence-electron chi connectivity index (χ4n) is 0.938. The Hall–Kier alpha value is -1.64. The van der Waals surface area contributed by atoms with E-state index in [9.17, 15) is 9.59 Å². The summed E-state index contributed by atoms with van der Waals surface area (Å²) in [5.41, 5.74) is 5.12. The number of unbranched alkanes of at least 4 members (excludes halogenated alkanes) is 3. The van der Waals surface area contributed by atoms with Crippen LogP contribution in [0.4, 0.5) is 0 Å². The molecule has 0 fully saturated rings. The van der Waals surface area contributed by atoms with E-state index in [2.05, 4.69) is 21.1 Å². The SMILES string of the molecule is O=C=NNCCCCCCNN=C=O. The Balaban J connectivity index is 2.98. The Kier molecular flexibility index (Phi) is 10.0. The maximum atomic E-state index is 9.64. The molecule has 0 aromatic heterocycles.